The van der Waals surface area contributed by atoms with Crippen molar-refractivity contribution in [3.8, 4) is 11.3 Å². The highest BCUT2D eigenvalue weighted by Crippen LogP contribution is 2.32. The van der Waals surface area contributed by atoms with Crippen LogP contribution in [-0.2, 0) is 4.79 Å². The number of amidine groups is 1. The normalized spacial score (nSPS) is 16.1. The lowest BCUT2D eigenvalue weighted by Crippen LogP contribution is -2.18. The van der Waals surface area contributed by atoms with E-state index in [9.17, 15) is 14.9 Å². The fourth-order valence-corrected chi connectivity index (χ4v) is 2.67. The lowest BCUT2D eigenvalue weighted by atomic mass is 10.1. The highest BCUT2D eigenvalue weighted by atomic mass is 32.2. The lowest BCUT2D eigenvalue weighted by molar-refractivity contribution is -0.384. The lowest BCUT2D eigenvalue weighted by Gasteiger charge is -1.98. The Kier molecular flexibility index (Phi) is 3.51. The number of nitrogens with zero attached hydrogens (tertiary/aromatic N) is 1. The van der Waals surface area contributed by atoms with E-state index >= 15 is 0 Å². The smallest absolute Gasteiger partial charge is 0.280 e. The van der Waals surface area contributed by atoms with Crippen LogP contribution in [0.4, 0.5) is 5.69 Å². The Morgan fingerprint density at radius 2 is 2.05 bits per heavy atom. The molecule has 0 bridgehead atoms. The van der Waals surface area contributed by atoms with Crippen LogP contribution in [0.3, 0.4) is 0 Å². The van der Waals surface area contributed by atoms with E-state index < -0.39 is 4.92 Å². The average molecular weight is 315 g/mol. The maximum atomic E-state index is 11.5. The molecule has 110 valence electrons. The summed E-state index contributed by atoms with van der Waals surface area (Å²) in [6.45, 7) is 0. The van der Waals surface area contributed by atoms with Crippen LogP contribution in [0, 0.1) is 15.5 Å². The summed E-state index contributed by atoms with van der Waals surface area (Å²) in [5.74, 6) is 0.372. The molecule has 2 heterocycles. The van der Waals surface area contributed by atoms with Gasteiger partial charge in [-0.3, -0.25) is 20.3 Å². The van der Waals surface area contributed by atoms with Gasteiger partial charge in [0.25, 0.3) is 11.6 Å². The zero-order valence-corrected chi connectivity index (χ0v) is 11.8. The van der Waals surface area contributed by atoms with Crippen LogP contribution >= 0.6 is 11.8 Å². The molecule has 1 aromatic heterocycles. The average Bonchev–Trinajstić information content (AvgIpc) is 3.06. The van der Waals surface area contributed by atoms with Crippen molar-refractivity contribution in [1.82, 2.24) is 5.32 Å². The fraction of sp³-hybridized carbons (Fsp3) is 0. The van der Waals surface area contributed by atoms with E-state index in [1.54, 1.807) is 30.3 Å². The molecule has 7 nitrogen and oxygen atoms in total. The predicted octanol–water partition coefficient (Wildman–Crippen LogP) is 2.99. The third kappa shape index (κ3) is 2.63. The minimum Gasteiger partial charge on any atom is -0.456 e. The van der Waals surface area contributed by atoms with Gasteiger partial charge >= 0.3 is 0 Å². The van der Waals surface area contributed by atoms with Crippen LogP contribution in [-0.4, -0.2) is 16.0 Å². The number of hydrogen-bond donors (Lipinski definition) is 2. The molecule has 3 rings (SSSR count). The van der Waals surface area contributed by atoms with Crippen LogP contribution in [0.15, 0.2) is 45.7 Å². The molecule has 22 heavy (non-hydrogen) atoms. The van der Waals surface area contributed by atoms with Gasteiger partial charge < -0.3 is 9.73 Å². The maximum absolute atomic E-state index is 11.5. The van der Waals surface area contributed by atoms with E-state index in [1.807, 2.05) is 0 Å². The molecule has 0 radical (unpaired) electrons. The molecule has 1 fully saturated rings. The van der Waals surface area contributed by atoms with Gasteiger partial charge in [-0.25, -0.2) is 0 Å². The molecule has 8 heteroatoms. The maximum Gasteiger partial charge on any atom is 0.280 e. The molecule has 1 aliphatic rings. The second-order valence-corrected chi connectivity index (χ2v) is 5.42. The van der Waals surface area contributed by atoms with Crippen LogP contribution < -0.4 is 5.32 Å². The number of amides is 1. The van der Waals surface area contributed by atoms with Crippen LogP contribution in [0.25, 0.3) is 17.4 Å². The first-order valence-electron chi connectivity index (χ1n) is 6.17. The molecule has 1 amide bonds. The largest absolute Gasteiger partial charge is 0.456 e. The van der Waals surface area contributed by atoms with E-state index in [4.69, 9.17) is 9.83 Å². The Hall–Kier alpha value is -2.87. The number of nitro groups is 1. The number of thioether (sulfide) groups is 1. The van der Waals surface area contributed by atoms with Crippen molar-refractivity contribution in [2.75, 3.05) is 0 Å². The molecule has 0 aliphatic carbocycles. The van der Waals surface area contributed by atoms with Gasteiger partial charge in [-0.05, 0) is 30.0 Å². The van der Waals surface area contributed by atoms with Crippen molar-refractivity contribution in [1.29, 1.82) is 5.41 Å². The Morgan fingerprint density at radius 1 is 1.27 bits per heavy atom. The number of nitro benzene ring substituents is 1. The van der Waals surface area contributed by atoms with Gasteiger partial charge in [0.1, 0.15) is 11.5 Å². The van der Waals surface area contributed by atoms with Gasteiger partial charge in [0, 0.05) is 12.1 Å². The molecule has 1 aromatic carbocycles. The summed E-state index contributed by atoms with van der Waals surface area (Å²) in [6.07, 6.45) is 1.50. The Labute approximate surface area is 128 Å². The molecule has 0 saturated carbocycles. The zero-order valence-electron chi connectivity index (χ0n) is 11.0. The summed E-state index contributed by atoms with van der Waals surface area (Å²) in [4.78, 5) is 22.4. The van der Waals surface area contributed by atoms with Crippen molar-refractivity contribution in [2.24, 2.45) is 0 Å². The van der Waals surface area contributed by atoms with Crippen LogP contribution in [0.5, 0.6) is 0 Å². The summed E-state index contributed by atoms with van der Waals surface area (Å²) in [5.41, 5.74) is 0.319. The second kappa shape index (κ2) is 5.49. The number of carbonyl (C=O) groups is 1. The Balaban J connectivity index is 1.95. The fourth-order valence-electron chi connectivity index (χ4n) is 1.99. The van der Waals surface area contributed by atoms with Crippen molar-refractivity contribution in [3.05, 3.63) is 57.2 Å². The van der Waals surface area contributed by atoms with Crippen LogP contribution in [0.2, 0.25) is 0 Å². The summed E-state index contributed by atoms with van der Waals surface area (Å²) in [5, 5.41) is 20.8. The standard InChI is InChI=1S/C14H9N3O4S/c15-14-16-13(18)12(22-14)7-8-5-6-11(21-8)9-3-1-2-4-10(9)17(19)20/h1-7H,(H2,15,16,18)/b12-7+. The van der Waals surface area contributed by atoms with Gasteiger partial charge in [0.15, 0.2) is 5.17 Å². The molecule has 2 aromatic rings. The van der Waals surface area contributed by atoms with E-state index in [-0.39, 0.29) is 16.8 Å². The summed E-state index contributed by atoms with van der Waals surface area (Å²) >= 11 is 0.997. The third-order valence-corrected chi connectivity index (χ3v) is 3.76. The second-order valence-electron chi connectivity index (χ2n) is 4.37. The van der Waals surface area contributed by atoms with Gasteiger partial charge in [-0.15, -0.1) is 0 Å². The van der Waals surface area contributed by atoms with E-state index in [1.165, 1.54) is 12.1 Å². The number of para-hydroxylation sites is 1. The molecule has 1 saturated heterocycles. The van der Waals surface area contributed by atoms with Crippen molar-refractivity contribution in [3.63, 3.8) is 0 Å². The van der Waals surface area contributed by atoms with E-state index in [2.05, 4.69) is 5.32 Å². The minimum atomic E-state index is -0.475. The molecule has 0 unspecified atom stereocenters. The predicted molar refractivity (Wildman–Crippen MR) is 82.2 cm³/mol. The molecule has 1 aliphatic heterocycles. The number of nitrogens with one attached hydrogen (secondary N) is 2. The minimum absolute atomic E-state index is 0.0502. The van der Waals surface area contributed by atoms with E-state index in [0.29, 0.717) is 22.0 Å². The zero-order chi connectivity index (χ0) is 15.7. The molecular weight excluding hydrogens is 306 g/mol. The van der Waals surface area contributed by atoms with Gasteiger partial charge in [0.2, 0.25) is 0 Å². The quantitative estimate of drug-likeness (QED) is 0.514. The number of rotatable bonds is 3. The highest BCUT2D eigenvalue weighted by molar-refractivity contribution is 8.18. The first-order chi connectivity index (χ1) is 10.5. The third-order valence-electron chi connectivity index (χ3n) is 2.93. The number of furan rings is 1. The van der Waals surface area contributed by atoms with Crippen molar-refractivity contribution in [2.45, 2.75) is 0 Å². The monoisotopic (exact) mass is 315 g/mol. The SMILES string of the molecule is N=C1NC(=O)/C(=C\c2ccc(-c3ccccc3[N+](=O)[O-])o2)S1. The molecule has 0 spiro atoms. The molecule has 2 N–H and O–H groups in total. The molecule has 0 atom stereocenters. The first kappa shape index (κ1) is 14.1. The number of benzene rings is 1. The summed E-state index contributed by atoms with van der Waals surface area (Å²) in [7, 11) is 0. The van der Waals surface area contributed by atoms with Crippen molar-refractivity contribution < 1.29 is 14.1 Å². The van der Waals surface area contributed by atoms with Crippen molar-refractivity contribution >= 4 is 34.6 Å². The first-order valence-corrected chi connectivity index (χ1v) is 6.99. The van der Waals surface area contributed by atoms with Gasteiger partial charge in [-0.1, -0.05) is 12.1 Å². The summed E-state index contributed by atoms with van der Waals surface area (Å²) < 4.78 is 5.56. The summed E-state index contributed by atoms with van der Waals surface area (Å²) in [6, 6.07) is 9.49. The van der Waals surface area contributed by atoms with Gasteiger partial charge in [-0.2, -0.15) is 0 Å². The topological polar surface area (TPSA) is 109 Å². The van der Waals surface area contributed by atoms with Gasteiger partial charge in [0.05, 0.1) is 15.4 Å². The number of hydrogen-bond acceptors (Lipinski definition) is 6. The van der Waals surface area contributed by atoms with Crippen LogP contribution in [0.1, 0.15) is 5.76 Å². The molecular formula is C14H9N3O4S. The Morgan fingerprint density at radius 3 is 2.73 bits per heavy atom. The Bertz CT molecular complexity index is 825. The van der Waals surface area contributed by atoms with E-state index in [0.717, 1.165) is 11.8 Å². The number of carbonyl (C=O) groups excluding carboxylic acids is 1. The highest BCUT2D eigenvalue weighted by Gasteiger charge is 2.23.